The maximum Gasteiger partial charge on any atom is 0.326 e. The summed E-state index contributed by atoms with van der Waals surface area (Å²) in [6.07, 6.45) is -0.916. The molecule has 1 atom stereocenters. The van der Waals surface area contributed by atoms with E-state index >= 15 is 0 Å². The molecule has 108 valence electrons. The third kappa shape index (κ3) is 3.98. The van der Waals surface area contributed by atoms with E-state index < -0.39 is 47.5 Å². The number of amides is 1. The number of rotatable bonds is 5. The molecule has 0 aliphatic carbocycles. The zero-order valence-electron chi connectivity index (χ0n) is 9.69. The second kappa shape index (κ2) is 6.42. The van der Waals surface area contributed by atoms with Crippen molar-refractivity contribution in [2.24, 2.45) is 0 Å². The summed E-state index contributed by atoms with van der Waals surface area (Å²) in [6.45, 7) is 0. The summed E-state index contributed by atoms with van der Waals surface area (Å²) in [4.78, 5) is 32.8. The molecular weight excluding hydrogens is 344 g/mol. The van der Waals surface area contributed by atoms with Crippen molar-refractivity contribution in [3.05, 3.63) is 33.8 Å². The van der Waals surface area contributed by atoms with Crippen LogP contribution in [-0.2, 0) is 9.59 Å². The SMILES string of the molecule is O=C(O)C[C@H](NC(=O)c1c(F)cc(Br)cc1F)C(=O)O. The Labute approximate surface area is 119 Å². The Hall–Kier alpha value is -2.03. The zero-order chi connectivity index (χ0) is 15.4. The summed E-state index contributed by atoms with van der Waals surface area (Å²) in [5, 5.41) is 19.0. The quantitative estimate of drug-likeness (QED) is 0.743. The molecule has 0 bridgehead atoms. The van der Waals surface area contributed by atoms with E-state index in [-0.39, 0.29) is 4.47 Å². The van der Waals surface area contributed by atoms with Gasteiger partial charge in [0, 0.05) is 4.47 Å². The van der Waals surface area contributed by atoms with Crippen molar-refractivity contribution in [3.63, 3.8) is 0 Å². The van der Waals surface area contributed by atoms with Crippen LogP contribution in [0.25, 0.3) is 0 Å². The summed E-state index contributed by atoms with van der Waals surface area (Å²) >= 11 is 2.82. The molecule has 0 fully saturated rings. The first-order chi connectivity index (χ1) is 9.22. The van der Waals surface area contributed by atoms with Crippen molar-refractivity contribution in [1.29, 1.82) is 0 Å². The minimum absolute atomic E-state index is 0.0596. The number of hydrogen-bond acceptors (Lipinski definition) is 3. The lowest BCUT2D eigenvalue weighted by Gasteiger charge is -2.13. The van der Waals surface area contributed by atoms with E-state index in [0.717, 1.165) is 12.1 Å². The van der Waals surface area contributed by atoms with Crippen LogP contribution in [0.15, 0.2) is 16.6 Å². The smallest absolute Gasteiger partial charge is 0.326 e. The normalized spacial score (nSPS) is 11.8. The van der Waals surface area contributed by atoms with Crippen LogP contribution >= 0.6 is 15.9 Å². The van der Waals surface area contributed by atoms with Gasteiger partial charge in [-0.15, -0.1) is 0 Å². The van der Waals surface area contributed by atoms with Gasteiger partial charge in [-0.05, 0) is 12.1 Å². The van der Waals surface area contributed by atoms with Crippen molar-refractivity contribution < 1.29 is 33.4 Å². The van der Waals surface area contributed by atoms with Crippen LogP contribution < -0.4 is 5.32 Å². The van der Waals surface area contributed by atoms with E-state index in [9.17, 15) is 23.2 Å². The number of hydrogen-bond donors (Lipinski definition) is 3. The molecule has 6 nitrogen and oxygen atoms in total. The van der Waals surface area contributed by atoms with Gasteiger partial charge in [-0.1, -0.05) is 15.9 Å². The maximum atomic E-state index is 13.5. The average Bonchev–Trinajstić information content (AvgIpc) is 2.25. The van der Waals surface area contributed by atoms with Gasteiger partial charge in [0.15, 0.2) is 0 Å². The van der Waals surface area contributed by atoms with Crippen molar-refractivity contribution in [2.45, 2.75) is 12.5 Å². The van der Waals surface area contributed by atoms with Crippen LogP contribution in [0.4, 0.5) is 8.78 Å². The highest BCUT2D eigenvalue weighted by molar-refractivity contribution is 9.10. The number of benzene rings is 1. The molecule has 20 heavy (non-hydrogen) atoms. The highest BCUT2D eigenvalue weighted by Gasteiger charge is 2.26. The number of halogens is 3. The first-order valence-electron chi connectivity index (χ1n) is 5.12. The minimum Gasteiger partial charge on any atom is -0.481 e. The molecule has 0 aliphatic rings. The first-order valence-corrected chi connectivity index (χ1v) is 5.91. The molecular formula is C11H8BrF2NO5. The monoisotopic (exact) mass is 351 g/mol. The van der Waals surface area contributed by atoms with Gasteiger partial charge in [-0.2, -0.15) is 0 Å². The number of nitrogens with one attached hydrogen (secondary N) is 1. The summed E-state index contributed by atoms with van der Waals surface area (Å²) in [7, 11) is 0. The Morgan fingerprint density at radius 1 is 1.20 bits per heavy atom. The summed E-state index contributed by atoms with van der Waals surface area (Å²) < 4.78 is 27.0. The zero-order valence-corrected chi connectivity index (χ0v) is 11.3. The van der Waals surface area contributed by atoms with Gasteiger partial charge in [0.05, 0.1) is 6.42 Å². The van der Waals surface area contributed by atoms with Gasteiger partial charge < -0.3 is 15.5 Å². The van der Waals surface area contributed by atoms with E-state index in [1.54, 1.807) is 5.32 Å². The summed E-state index contributed by atoms with van der Waals surface area (Å²) in [6, 6.07) is -0.141. The van der Waals surface area contributed by atoms with E-state index in [1.165, 1.54) is 0 Å². The number of carboxylic acid groups (broad SMARTS) is 2. The van der Waals surface area contributed by atoms with Gasteiger partial charge in [0.1, 0.15) is 23.2 Å². The van der Waals surface area contributed by atoms with Gasteiger partial charge >= 0.3 is 11.9 Å². The standard InChI is InChI=1S/C11H8BrF2NO5/c12-4-1-5(13)9(6(14)2-4)10(18)15-7(11(19)20)3-8(16)17/h1-2,7H,3H2,(H,15,18)(H,16,17)(H,19,20)/t7-/m0/s1. The molecule has 0 heterocycles. The molecule has 0 saturated carbocycles. The lowest BCUT2D eigenvalue weighted by molar-refractivity contribution is -0.145. The Kier molecular flexibility index (Phi) is 5.14. The molecule has 0 radical (unpaired) electrons. The molecule has 0 aromatic heterocycles. The second-order valence-corrected chi connectivity index (χ2v) is 4.62. The topological polar surface area (TPSA) is 104 Å². The van der Waals surface area contributed by atoms with Gasteiger partial charge in [0.25, 0.3) is 5.91 Å². The third-order valence-corrected chi connectivity index (χ3v) is 2.67. The van der Waals surface area contributed by atoms with E-state index in [0.29, 0.717) is 0 Å². The van der Waals surface area contributed by atoms with Gasteiger partial charge in [-0.25, -0.2) is 13.6 Å². The number of carboxylic acids is 2. The van der Waals surface area contributed by atoms with Crippen molar-refractivity contribution in [1.82, 2.24) is 5.32 Å². The van der Waals surface area contributed by atoms with E-state index in [4.69, 9.17) is 10.2 Å². The molecule has 1 rings (SSSR count). The lowest BCUT2D eigenvalue weighted by Crippen LogP contribution is -2.42. The molecule has 1 aromatic rings. The van der Waals surface area contributed by atoms with Crippen LogP contribution in [-0.4, -0.2) is 34.1 Å². The highest BCUT2D eigenvalue weighted by Crippen LogP contribution is 2.19. The largest absolute Gasteiger partial charge is 0.481 e. The van der Waals surface area contributed by atoms with Crippen LogP contribution in [0.5, 0.6) is 0 Å². The van der Waals surface area contributed by atoms with Crippen molar-refractivity contribution in [2.75, 3.05) is 0 Å². The number of carbonyl (C=O) groups is 3. The van der Waals surface area contributed by atoms with Crippen molar-refractivity contribution >= 4 is 33.8 Å². The first kappa shape index (κ1) is 16.0. The molecule has 3 N–H and O–H groups in total. The Morgan fingerprint density at radius 2 is 1.70 bits per heavy atom. The van der Waals surface area contributed by atoms with Crippen LogP contribution in [0, 0.1) is 11.6 Å². The van der Waals surface area contributed by atoms with Gasteiger partial charge in [-0.3, -0.25) is 9.59 Å². The molecule has 1 aromatic carbocycles. The second-order valence-electron chi connectivity index (χ2n) is 3.71. The fourth-order valence-corrected chi connectivity index (χ4v) is 1.77. The minimum atomic E-state index is -1.79. The maximum absolute atomic E-state index is 13.5. The molecule has 0 aliphatic heterocycles. The summed E-state index contributed by atoms with van der Waals surface area (Å²) in [5.41, 5.74) is -0.982. The Morgan fingerprint density at radius 3 is 2.10 bits per heavy atom. The van der Waals surface area contributed by atoms with Gasteiger partial charge in [0.2, 0.25) is 0 Å². The molecule has 0 saturated heterocycles. The Balaban J connectivity index is 3.01. The fourth-order valence-electron chi connectivity index (χ4n) is 1.36. The predicted octanol–water partition coefficient (Wildman–Crippen LogP) is 1.39. The van der Waals surface area contributed by atoms with Crippen LogP contribution in [0.3, 0.4) is 0 Å². The molecule has 0 unspecified atom stereocenters. The third-order valence-electron chi connectivity index (χ3n) is 2.22. The van der Waals surface area contributed by atoms with E-state index in [2.05, 4.69) is 15.9 Å². The van der Waals surface area contributed by atoms with E-state index in [1.807, 2.05) is 0 Å². The number of carbonyl (C=O) groups excluding carboxylic acids is 1. The van der Waals surface area contributed by atoms with Crippen molar-refractivity contribution in [3.8, 4) is 0 Å². The average molecular weight is 352 g/mol. The van der Waals surface area contributed by atoms with Crippen LogP contribution in [0.2, 0.25) is 0 Å². The Bertz CT molecular complexity index is 555. The molecule has 0 spiro atoms. The summed E-state index contributed by atoms with van der Waals surface area (Å²) in [5.74, 6) is -6.85. The van der Waals surface area contributed by atoms with Crippen LogP contribution in [0.1, 0.15) is 16.8 Å². The highest BCUT2D eigenvalue weighted by atomic mass is 79.9. The molecule has 9 heteroatoms. The lowest BCUT2D eigenvalue weighted by atomic mass is 10.1. The fraction of sp³-hybridized carbons (Fsp3) is 0.182. The molecule has 1 amide bonds. The number of aliphatic carboxylic acids is 2. The predicted molar refractivity (Wildman–Crippen MR) is 65.2 cm³/mol.